The molecule has 1 saturated heterocycles. The molecule has 0 radical (unpaired) electrons. The van der Waals surface area contributed by atoms with Crippen molar-refractivity contribution in [1.29, 1.82) is 0 Å². The first-order chi connectivity index (χ1) is 8.20. The van der Waals surface area contributed by atoms with Crippen LogP contribution in [-0.4, -0.2) is 44.7 Å². The molecule has 6 nitrogen and oxygen atoms in total. The normalized spacial score (nSPS) is 20.0. The van der Waals surface area contributed by atoms with Crippen LogP contribution < -0.4 is 0 Å². The van der Waals surface area contributed by atoms with E-state index in [0.29, 0.717) is 18.5 Å². The predicted octanol–water partition coefficient (Wildman–Crippen LogP) is 0.556. The number of carbonyl (C=O) groups is 2. The van der Waals surface area contributed by atoms with Crippen LogP contribution in [0.5, 0.6) is 0 Å². The van der Waals surface area contributed by atoms with Gasteiger partial charge in [-0.05, 0) is 25.3 Å². The van der Waals surface area contributed by atoms with Crippen molar-refractivity contribution in [2.45, 2.75) is 25.3 Å². The lowest BCUT2D eigenvalue weighted by Crippen LogP contribution is -2.48. The van der Waals surface area contributed by atoms with E-state index in [1.54, 1.807) is 6.07 Å². The highest BCUT2D eigenvalue weighted by Gasteiger charge is 2.32. The molecule has 1 N–H and O–H groups in total. The van der Waals surface area contributed by atoms with Crippen molar-refractivity contribution in [2.24, 2.45) is 0 Å². The van der Waals surface area contributed by atoms with Crippen molar-refractivity contribution in [1.82, 2.24) is 15.1 Å². The smallest absolute Gasteiger partial charge is 0.326 e. The molecule has 6 heteroatoms. The summed E-state index contributed by atoms with van der Waals surface area (Å²) in [7, 11) is 0. The molecule has 1 aromatic rings. The summed E-state index contributed by atoms with van der Waals surface area (Å²) in [4.78, 5) is 24.6. The highest BCUT2D eigenvalue weighted by atomic mass is 16.4. The topological polar surface area (TPSA) is 83.4 Å². The van der Waals surface area contributed by atoms with Crippen molar-refractivity contribution in [3.63, 3.8) is 0 Å². The first-order valence-corrected chi connectivity index (χ1v) is 5.50. The van der Waals surface area contributed by atoms with Crippen molar-refractivity contribution in [3.05, 3.63) is 24.0 Å². The Morgan fingerprint density at radius 3 is 2.82 bits per heavy atom. The highest BCUT2D eigenvalue weighted by Crippen LogP contribution is 2.19. The summed E-state index contributed by atoms with van der Waals surface area (Å²) in [6, 6.07) is 0.826. The molecule has 0 saturated carbocycles. The van der Waals surface area contributed by atoms with E-state index in [-0.39, 0.29) is 5.91 Å². The molecule has 1 fully saturated rings. The summed E-state index contributed by atoms with van der Waals surface area (Å²) < 4.78 is 0. The summed E-state index contributed by atoms with van der Waals surface area (Å²) in [5, 5.41) is 16.3. The molecule has 0 aromatic carbocycles. The summed E-state index contributed by atoms with van der Waals surface area (Å²) in [6.07, 6.45) is 4.98. The number of piperidine rings is 1. The van der Waals surface area contributed by atoms with Crippen LogP contribution in [0.1, 0.15) is 29.6 Å². The molecule has 1 amide bonds. The minimum atomic E-state index is -0.944. The van der Waals surface area contributed by atoms with Crippen LogP contribution >= 0.6 is 0 Å². The van der Waals surface area contributed by atoms with E-state index in [1.165, 1.54) is 17.3 Å². The minimum Gasteiger partial charge on any atom is -0.480 e. The molecule has 17 heavy (non-hydrogen) atoms. The van der Waals surface area contributed by atoms with Gasteiger partial charge < -0.3 is 10.0 Å². The van der Waals surface area contributed by atoms with E-state index in [0.717, 1.165) is 12.8 Å². The van der Waals surface area contributed by atoms with E-state index >= 15 is 0 Å². The average Bonchev–Trinajstić information content (AvgIpc) is 2.39. The Morgan fingerprint density at radius 2 is 2.18 bits per heavy atom. The minimum absolute atomic E-state index is 0.285. The molecule has 1 aromatic heterocycles. The number of carbonyl (C=O) groups excluding carboxylic acids is 1. The number of carboxylic acid groups (broad SMARTS) is 1. The number of likely N-dealkylation sites (tertiary alicyclic amines) is 1. The van der Waals surface area contributed by atoms with E-state index in [9.17, 15) is 9.59 Å². The van der Waals surface area contributed by atoms with Gasteiger partial charge in [-0.25, -0.2) is 4.79 Å². The number of carboxylic acids is 1. The lowest BCUT2D eigenvalue weighted by molar-refractivity contribution is -0.143. The van der Waals surface area contributed by atoms with E-state index in [4.69, 9.17) is 5.11 Å². The fourth-order valence-corrected chi connectivity index (χ4v) is 2.01. The number of aromatic nitrogens is 2. The largest absolute Gasteiger partial charge is 0.480 e. The molecule has 2 rings (SSSR count). The fraction of sp³-hybridized carbons (Fsp3) is 0.455. The number of hydrogen-bond acceptors (Lipinski definition) is 4. The van der Waals surface area contributed by atoms with Gasteiger partial charge in [-0.15, -0.1) is 0 Å². The Kier molecular flexibility index (Phi) is 3.32. The van der Waals surface area contributed by atoms with Gasteiger partial charge in [-0.2, -0.15) is 10.2 Å². The summed E-state index contributed by atoms with van der Waals surface area (Å²) in [5.74, 6) is -1.23. The van der Waals surface area contributed by atoms with Gasteiger partial charge in [0.05, 0.1) is 18.0 Å². The maximum Gasteiger partial charge on any atom is 0.326 e. The van der Waals surface area contributed by atoms with Crippen LogP contribution in [0.15, 0.2) is 18.5 Å². The maximum atomic E-state index is 12.1. The van der Waals surface area contributed by atoms with Crippen molar-refractivity contribution >= 4 is 11.9 Å². The second-order valence-corrected chi connectivity index (χ2v) is 3.98. The average molecular weight is 235 g/mol. The molecular formula is C11H13N3O3. The zero-order valence-corrected chi connectivity index (χ0v) is 9.24. The third-order valence-corrected chi connectivity index (χ3v) is 2.88. The monoisotopic (exact) mass is 235 g/mol. The van der Waals surface area contributed by atoms with Gasteiger partial charge in [0.15, 0.2) is 0 Å². The van der Waals surface area contributed by atoms with E-state index in [2.05, 4.69) is 10.2 Å². The van der Waals surface area contributed by atoms with Gasteiger partial charge in [0.2, 0.25) is 0 Å². The highest BCUT2D eigenvalue weighted by molar-refractivity contribution is 5.96. The second kappa shape index (κ2) is 4.90. The Balaban J connectivity index is 2.20. The Bertz CT molecular complexity index is 421. The van der Waals surface area contributed by atoms with Gasteiger partial charge in [-0.1, -0.05) is 0 Å². The lowest BCUT2D eigenvalue weighted by atomic mass is 10.0. The van der Waals surface area contributed by atoms with E-state index in [1.807, 2.05) is 0 Å². The van der Waals surface area contributed by atoms with Crippen LogP contribution in [-0.2, 0) is 4.79 Å². The number of nitrogens with zero attached hydrogens (tertiary/aromatic N) is 3. The molecule has 1 aliphatic heterocycles. The summed E-state index contributed by atoms with van der Waals surface area (Å²) in [5.41, 5.74) is 0.383. The quantitative estimate of drug-likeness (QED) is 0.809. The molecule has 0 unspecified atom stereocenters. The molecule has 0 bridgehead atoms. The van der Waals surface area contributed by atoms with Crippen LogP contribution in [0, 0.1) is 0 Å². The van der Waals surface area contributed by atoms with Crippen molar-refractivity contribution < 1.29 is 14.7 Å². The first-order valence-electron chi connectivity index (χ1n) is 5.50. The Hall–Kier alpha value is -1.98. The Labute approximate surface area is 98.3 Å². The van der Waals surface area contributed by atoms with Gasteiger partial charge in [0.1, 0.15) is 6.04 Å². The Morgan fingerprint density at radius 1 is 1.35 bits per heavy atom. The molecule has 1 atom stereocenters. The van der Waals surface area contributed by atoms with Crippen molar-refractivity contribution in [2.75, 3.05) is 6.54 Å². The molecule has 0 spiro atoms. The van der Waals surface area contributed by atoms with Crippen LogP contribution in [0.3, 0.4) is 0 Å². The standard InChI is InChI=1S/C11H13N3O3/c15-10(8-4-5-12-13-7-8)14-6-2-1-3-9(14)11(16)17/h4-5,7,9H,1-3,6H2,(H,16,17)/t9-/m1/s1. The van der Waals surface area contributed by atoms with Crippen LogP contribution in [0.25, 0.3) is 0 Å². The third-order valence-electron chi connectivity index (χ3n) is 2.88. The lowest BCUT2D eigenvalue weighted by Gasteiger charge is -2.32. The van der Waals surface area contributed by atoms with Crippen LogP contribution in [0.4, 0.5) is 0 Å². The maximum absolute atomic E-state index is 12.1. The van der Waals surface area contributed by atoms with Gasteiger partial charge in [-0.3, -0.25) is 4.79 Å². The number of hydrogen-bond donors (Lipinski definition) is 1. The zero-order chi connectivity index (χ0) is 12.3. The predicted molar refractivity (Wildman–Crippen MR) is 58.3 cm³/mol. The number of amides is 1. The van der Waals surface area contributed by atoms with Crippen LogP contribution in [0.2, 0.25) is 0 Å². The molecular weight excluding hydrogens is 222 g/mol. The van der Waals surface area contributed by atoms with Crippen molar-refractivity contribution in [3.8, 4) is 0 Å². The summed E-state index contributed by atoms with van der Waals surface area (Å²) >= 11 is 0. The number of aliphatic carboxylic acids is 1. The van der Waals surface area contributed by atoms with Gasteiger partial charge >= 0.3 is 5.97 Å². The first kappa shape index (κ1) is 11.5. The molecule has 0 aliphatic carbocycles. The van der Waals surface area contributed by atoms with E-state index < -0.39 is 12.0 Å². The fourth-order valence-electron chi connectivity index (χ4n) is 2.01. The van der Waals surface area contributed by atoms with Gasteiger partial charge in [0.25, 0.3) is 5.91 Å². The zero-order valence-electron chi connectivity index (χ0n) is 9.24. The molecule has 1 aliphatic rings. The number of rotatable bonds is 2. The molecule has 90 valence electrons. The molecule has 2 heterocycles. The van der Waals surface area contributed by atoms with Gasteiger partial charge in [0, 0.05) is 6.54 Å². The second-order valence-electron chi connectivity index (χ2n) is 3.98. The summed E-state index contributed by atoms with van der Waals surface area (Å²) in [6.45, 7) is 0.484. The SMILES string of the molecule is O=C(O)[C@H]1CCCCN1C(=O)c1ccnnc1. The third kappa shape index (κ3) is 2.41.